The monoisotopic (exact) mass is 340 g/mol. The Balaban J connectivity index is 1.76. The molecule has 0 bridgehead atoms. The fourth-order valence-corrected chi connectivity index (χ4v) is 7.22. The van der Waals surface area contributed by atoms with Crippen LogP contribution in [0.5, 0.6) is 0 Å². The van der Waals surface area contributed by atoms with Gasteiger partial charge >= 0.3 is 0 Å². The first-order valence-corrected chi connectivity index (χ1v) is 9.60. The van der Waals surface area contributed by atoms with Crippen molar-refractivity contribution in [1.29, 1.82) is 0 Å². The van der Waals surface area contributed by atoms with E-state index >= 15 is 0 Å². The molecule has 0 aromatic carbocycles. The molecule has 4 aliphatic rings. The van der Waals surface area contributed by atoms with Crippen LogP contribution in [0.25, 0.3) is 0 Å². The lowest BCUT2D eigenvalue weighted by atomic mass is 9.42. The van der Waals surface area contributed by atoms with Gasteiger partial charge in [-0.2, -0.15) is 0 Å². The summed E-state index contributed by atoms with van der Waals surface area (Å²) < 4.78 is 0. The maximum absolute atomic E-state index is 11.3. The molecule has 0 aliphatic heterocycles. The zero-order valence-corrected chi connectivity index (χ0v) is 14.7. The first kappa shape index (κ1) is 17.2. The number of hydrogen-bond donors (Lipinski definition) is 5. The Morgan fingerprint density at radius 1 is 0.833 bits per heavy atom. The second-order valence-electron chi connectivity index (χ2n) is 9.60. The quantitative estimate of drug-likeness (QED) is 0.449. The molecule has 0 heterocycles. The van der Waals surface area contributed by atoms with Crippen LogP contribution >= 0.6 is 0 Å². The van der Waals surface area contributed by atoms with Gasteiger partial charge in [0.1, 0.15) is 11.7 Å². The third-order valence-corrected chi connectivity index (χ3v) is 8.84. The first-order chi connectivity index (χ1) is 11.1. The molecule has 0 saturated heterocycles. The van der Waals surface area contributed by atoms with Gasteiger partial charge in [0.25, 0.3) is 0 Å². The number of fused-ring (bicyclic) bond motifs is 5. The third kappa shape index (κ3) is 1.88. The van der Waals surface area contributed by atoms with Gasteiger partial charge in [0.15, 0.2) is 0 Å². The number of rotatable bonds is 0. The van der Waals surface area contributed by atoms with E-state index in [4.69, 9.17) is 0 Å². The number of hydrogen-bond acceptors (Lipinski definition) is 5. The van der Waals surface area contributed by atoms with Crippen LogP contribution in [-0.4, -0.2) is 55.5 Å². The molecule has 10 atom stereocenters. The molecule has 138 valence electrons. The van der Waals surface area contributed by atoms with Crippen LogP contribution in [0.15, 0.2) is 0 Å². The lowest BCUT2D eigenvalue weighted by molar-refractivity contribution is -0.298. The molecule has 0 spiro atoms. The maximum Gasteiger partial charge on any atom is 0.109 e. The van der Waals surface area contributed by atoms with Crippen molar-refractivity contribution in [2.24, 2.45) is 28.6 Å². The van der Waals surface area contributed by atoms with Crippen LogP contribution in [0, 0.1) is 28.6 Å². The minimum atomic E-state index is -1.43. The topological polar surface area (TPSA) is 101 Å². The molecule has 5 heteroatoms. The van der Waals surface area contributed by atoms with Gasteiger partial charge in [-0.15, -0.1) is 0 Å². The highest BCUT2D eigenvalue weighted by Gasteiger charge is 2.70. The van der Waals surface area contributed by atoms with Crippen molar-refractivity contribution < 1.29 is 25.5 Å². The Bertz CT molecular complexity index is 526. The molecule has 4 aliphatic carbocycles. The summed E-state index contributed by atoms with van der Waals surface area (Å²) in [6, 6.07) is 0. The summed E-state index contributed by atoms with van der Waals surface area (Å²) in [5, 5.41) is 53.7. The van der Waals surface area contributed by atoms with Gasteiger partial charge in [0.2, 0.25) is 0 Å². The Labute approximate surface area is 143 Å². The van der Waals surface area contributed by atoms with Gasteiger partial charge in [0.05, 0.1) is 18.3 Å². The molecule has 5 nitrogen and oxygen atoms in total. The molecule has 24 heavy (non-hydrogen) atoms. The van der Waals surface area contributed by atoms with Gasteiger partial charge in [0, 0.05) is 11.8 Å². The highest BCUT2D eigenvalue weighted by Crippen LogP contribution is 2.67. The lowest BCUT2D eigenvalue weighted by Gasteiger charge is -2.66. The Morgan fingerprint density at radius 3 is 2.25 bits per heavy atom. The van der Waals surface area contributed by atoms with Crippen molar-refractivity contribution in [3.8, 4) is 0 Å². The van der Waals surface area contributed by atoms with E-state index < -0.39 is 29.3 Å². The van der Waals surface area contributed by atoms with Crippen molar-refractivity contribution in [3.63, 3.8) is 0 Å². The molecule has 0 aromatic heterocycles. The van der Waals surface area contributed by atoms with Gasteiger partial charge in [-0.25, -0.2) is 0 Å². The molecule has 5 N–H and O–H groups in total. The summed E-state index contributed by atoms with van der Waals surface area (Å²) in [6.45, 7) is 4.16. The average molecular weight is 340 g/mol. The van der Waals surface area contributed by atoms with Crippen LogP contribution < -0.4 is 0 Å². The van der Waals surface area contributed by atoms with E-state index in [-0.39, 0.29) is 35.7 Å². The van der Waals surface area contributed by atoms with Crippen molar-refractivity contribution in [1.82, 2.24) is 0 Å². The largest absolute Gasteiger partial charge is 0.393 e. The molecule has 4 rings (SSSR count). The van der Waals surface area contributed by atoms with E-state index in [2.05, 4.69) is 6.92 Å². The first-order valence-electron chi connectivity index (χ1n) is 9.60. The van der Waals surface area contributed by atoms with Gasteiger partial charge < -0.3 is 25.5 Å². The third-order valence-electron chi connectivity index (χ3n) is 8.84. The fraction of sp³-hybridized carbons (Fsp3) is 1.00. The van der Waals surface area contributed by atoms with E-state index in [1.54, 1.807) is 0 Å². The zero-order valence-electron chi connectivity index (χ0n) is 14.7. The second kappa shape index (κ2) is 5.17. The average Bonchev–Trinajstić information content (AvgIpc) is 2.83. The van der Waals surface area contributed by atoms with Gasteiger partial charge in [-0.1, -0.05) is 13.8 Å². The smallest absolute Gasteiger partial charge is 0.109 e. The summed E-state index contributed by atoms with van der Waals surface area (Å²) >= 11 is 0. The normalized spacial score (nSPS) is 63.4. The van der Waals surface area contributed by atoms with Crippen LogP contribution in [0.2, 0.25) is 0 Å². The standard InChI is InChI=1S/C19H32O5/c1-17-7-6-12-14(11(17)3-4-13(17)21)15(22)16(23)19(24)9-10(20)5-8-18(12,19)2/h10-16,20-24H,3-9H2,1-2H3/t10?,11-,12+,13?,14-,15?,16?,17-,18+,19?/m0/s1. The van der Waals surface area contributed by atoms with Crippen LogP contribution in [0.1, 0.15) is 58.8 Å². The minimum Gasteiger partial charge on any atom is -0.393 e. The van der Waals surface area contributed by atoms with E-state index in [1.807, 2.05) is 6.92 Å². The Hall–Kier alpha value is -0.200. The summed E-state index contributed by atoms with van der Waals surface area (Å²) in [5.74, 6) is 0.220. The van der Waals surface area contributed by atoms with Crippen molar-refractivity contribution in [2.45, 2.75) is 88.8 Å². The SMILES string of the molecule is C[C@]12CC[C@@H]3[C@@H](C(O)C(O)C4(O)CC(O)CC[C@]34C)[C@@H]1CCC2O. The van der Waals surface area contributed by atoms with Crippen LogP contribution in [0.3, 0.4) is 0 Å². The summed E-state index contributed by atoms with van der Waals surface area (Å²) in [4.78, 5) is 0. The maximum atomic E-state index is 11.3. The Morgan fingerprint density at radius 2 is 1.54 bits per heavy atom. The molecule has 0 aromatic rings. The van der Waals surface area contributed by atoms with E-state index in [1.165, 1.54) is 0 Å². The zero-order chi connectivity index (χ0) is 17.5. The molecular weight excluding hydrogens is 308 g/mol. The number of aliphatic hydroxyl groups is 5. The molecule has 0 amide bonds. The molecule has 5 unspecified atom stereocenters. The van der Waals surface area contributed by atoms with Crippen molar-refractivity contribution in [3.05, 3.63) is 0 Å². The van der Waals surface area contributed by atoms with E-state index in [0.717, 1.165) is 25.7 Å². The van der Waals surface area contributed by atoms with E-state index in [9.17, 15) is 25.5 Å². The summed E-state index contributed by atoms with van der Waals surface area (Å²) in [7, 11) is 0. The second-order valence-corrected chi connectivity index (χ2v) is 9.60. The highest BCUT2D eigenvalue weighted by atomic mass is 16.4. The van der Waals surface area contributed by atoms with Crippen molar-refractivity contribution >= 4 is 0 Å². The van der Waals surface area contributed by atoms with Gasteiger partial charge in [-0.3, -0.25) is 0 Å². The summed E-state index contributed by atoms with van der Waals surface area (Å²) in [5.41, 5.74) is -2.12. The van der Waals surface area contributed by atoms with Gasteiger partial charge in [-0.05, 0) is 61.7 Å². The lowest BCUT2D eigenvalue weighted by Crippen LogP contribution is -2.73. The van der Waals surface area contributed by atoms with Crippen LogP contribution in [-0.2, 0) is 0 Å². The predicted octanol–water partition coefficient (Wildman–Crippen LogP) is 0.807. The molecular formula is C19H32O5. The van der Waals surface area contributed by atoms with Crippen molar-refractivity contribution in [2.75, 3.05) is 0 Å². The summed E-state index contributed by atoms with van der Waals surface area (Å²) in [6.07, 6.45) is 1.63. The number of aliphatic hydroxyl groups excluding tert-OH is 4. The molecule has 0 radical (unpaired) electrons. The predicted molar refractivity (Wildman–Crippen MR) is 88.0 cm³/mol. The molecule has 4 fully saturated rings. The molecule has 4 saturated carbocycles. The fourth-order valence-electron chi connectivity index (χ4n) is 7.22. The minimum absolute atomic E-state index is 0.0867. The highest BCUT2D eigenvalue weighted by molar-refractivity contribution is 5.19. The Kier molecular flexibility index (Phi) is 3.71. The van der Waals surface area contributed by atoms with E-state index in [0.29, 0.717) is 12.8 Å². The van der Waals surface area contributed by atoms with Crippen LogP contribution in [0.4, 0.5) is 0 Å².